The van der Waals surface area contributed by atoms with Crippen LogP contribution in [0.25, 0.3) is 0 Å². The van der Waals surface area contributed by atoms with Crippen molar-refractivity contribution in [2.75, 3.05) is 13.2 Å². The number of halogens is 2. The van der Waals surface area contributed by atoms with Crippen molar-refractivity contribution in [3.63, 3.8) is 0 Å². The zero-order valence-corrected chi connectivity index (χ0v) is 8.27. The molecule has 0 aromatic rings. The Kier molecular flexibility index (Phi) is 3.02. The summed E-state index contributed by atoms with van der Waals surface area (Å²) in [5.41, 5.74) is 0. The fourth-order valence-corrected chi connectivity index (χ4v) is 2.31. The quantitative estimate of drug-likeness (QED) is 0.744. The maximum atomic E-state index is 13.1. The standard InChI is InChI=1S/C10H17F2NO/c11-10(12)4-1-2-8(6-10)13-9-3-5-14-7-9/h8-9,13H,1-7H2/t8-,9-/m0/s1. The Labute approximate surface area is 83.0 Å². The summed E-state index contributed by atoms with van der Waals surface area (Å²) in [7, 11) is 0. The number of ether oxygens (including phenoxy) is 1. The van der Waals surface area contributed by atoms with E-state index in [1.807, 2.05) is 0 Å². The van der Waals surface area contributed by atoms with Gasteiger partial charge in [0.15, 0.2) is 0 Å². The lowest BCUT2D eigenvalue weighted by Crippen LogP contribution is -2.44. The molecule has 1 heterocycles. The van der Waals surface area contributed by atoms with Crippen molar-refractivity contribution in [1.29, 1.82) is 0 Å². The summed E-state index contributed by atoms with van der Waals surface area (Å²) in [6, 6.07) is 0.291. The van der Waals surface area contributed by atoms with Crippen LogP contribution in [0.1, 0.15) is 32.1 Å². The van der Waals surface area contributed by atoms with Crippen molar-refractivity contribution in [3.8, 4) is 0 Å². The van der Waals surface area contributed by atoms with Gasteiger partial charge in [-0.25, -0.2) is 8.78 Å². The molecule has 0 aromatic heterocycles. The molecule has 0 bridgehead atoms. The van der Waals surface area contributed by atoms with Crippen LogP contribution in [0.2, 0.25) is 0 Å². The monoisotopic (exact) mass is 205 g/mol. The third kappa shape index (κ3) is 2.64. The van der Waals surface area contributed by atoms with Gasteiger partial charge in [-0.15, -0.1) is 0 Å². The highest BCUT2D eigenvalue weighted by Gasteiger charge is 2.37. The Hall–Kier alpha value is -0.220. The van der Waals surface area contributed by atoms with Crippen molar-refractivity contribution in [2.45, 2.75) is 50.1 Å². The molecule has 1 saturated carbocycles. The zero-order valence-electron chi connectivity index (χ0n) is 8.27. The topological polar surface area (TPSA) is 21.3 Å². The summed E-state index contributed by atoms with van der Waals surface area (Å²) >= 11 is 0. The summed E-state index contributed by atoms with van der Waals surface area (Å²) in [6.07, 6.45) is 2.54. The molecule has 1 N–H and O–H groups in total. The van der Waals surface area contributed by atoms with Crippen molar-refractivity contribution < 1.29 is 13.5 Å². The molecule has 0 radical (unpaired) electrons. The van der Waals surface area contributed by atoms with Crippen molar-refractivity contribution in [3.05, 3.63) is 0 Å². The van der Waals surface area contributed by atoms with Crippen LogP contribution in [0.3, 0.4) is 0 Å². The van der Waals surface area contributed by atoms with Crippen LogP contribution in [0.4, 0.5) is 8.78 Å². The number of hydrogen-bond acceptors (Lipinski definition) is 2. The van der Waals surface area contributed by atoms with Crippen LogP contribution in [0.15, 0.2) is 0 Å². The van der Waals surface area contributed by atoms with Gasteiger partial charge < -0.3 is 10.1 Å². The van der Waals surface area contributed by atoms with E-state index in [2.05, 4.69) is 5.32 Å². The molecule has 2 nitrogen and oxygen atoms in total. The fourth-order valence-electron chi connectivity index (χ4n) is 2.31. The lowest BCUT2D eigenvalue weighted by Gasteiger charge is -2.31. The van der Waals surface area contributed by atoms with Gasteiger partial charge in [-0.2, -0.15) is 0 Å². The third-order valence-corrected chi connectivity index (χ3v) is 3.04. The summed E-state index contributed by atoms with van der Waals surface area (Å²) in [5, 5.41) is 3.27. The van der Waals surface area contributed by atoms with E-state index < -0.39 is 5.92 Å². The molecule has 0 unspecified atom stereocenters. The average molecular weight is 205 g/mol. The van der Waals surface area contributed by atoms with Crippen molar-refractivity contribution >= 4 is 0 Å². The summed E-state index contributed by atoms with van der Waals surface area (Å²) in [6.45, 7) is 1.45. The second-order valence-corrected chi connectivity index (χ2v) is 4.38. The minimum atomic E-state index is -2.45. The van der Waals surface area contributed by atoms with Crippen molar-refractivity contribution in [2.24, 2.45) is 0 Å². The molecule has 2 rings (SSSR count). The molecule has 2 aliphatic rings. The van der Waals surface area contributed by atoms with E-state index in [4.69, 9.17) is 4.74 Å². The molecule has 0 aromatic carbocycles. The van der Waals surface area contributed by atoms with E-state index >= 15 is 0 Å². The van der Waals surface area contributed by atoms with Crippen LogP contribution in [0.5, 0.6) is 0 Å². The van der Waals surface area contributed by atoms with Gasteiger partial charge in [0.2, 0.25) is 5.92 Å². The molecule has 14 heavy (non-hydrogen) atoms. The molecule has 1 aliphatic heterocycles. The van der Waals surface area contributed by atoms with E-state index in [9.17, 15) is 8.78 Å². The fraction of sp³-hybridized carbons (Fsp3) is 1.00. The summed E-state index contributed by atoms with van der Waals surface area (Å²) in [4.78, 5) is 0. The average Bonchev–Trinajstić information content (AvgIpc) is 2.54. The molecular weight excluding hydrogens is 188 g/mol. The molecule has 4 heteroatoms. The summed E-state index contributed by atoms with van der Waals surface area (Å²) < 4.78 is 31.3. The van der Waals surface area contributed by atoms with Crippen LogP contribution < -0.4 is 5.32 Å². The van der Waals surface area contributed by atoms with Crippen LogP contribution in [-0.4, -0.2) is 31.2 Å². The molecule has 0 amide bonds. The second-order valence-electron chi connectivity index (χ2n) is 4.38. The molecule has 2 atom stereocenters. The highest BCUT2D eigenvalue weighted by Crippen LogP contribution is 2.33. The van der Waals surface area contributed by atoms with Gasteiger partial charge in [0.1, 0.15) is 0 Å². The first-order valence-corrected chi connectivity index (χ1v) is 5.37. The normalized spacial score (nSPS) is 37.3. The van der Waals surface area contributed by atoms with Crippen LogP contribution in [-0.2, 0) is 4.74 Å². The van der Waals surface area contributed by atoms with E-state index in [0.29, 0.717) is 19.1 Å². The van der Waals surface area contributed by atoms with Gasteiger partial charge in [-0.3, -0.25) is 0 Å². The first kappa shape index (κ1) is 10.3. The van der Waals surface area contributed by atoms with E-state index in [1.54, 1.807) is 0 Å². The van der Waals surface area contributed by atoms with Gasteiger partial charge in [-0.1, -0.05) is 0 Å². The Morgan fingerprint density at radius 2 is 2.07 bits per heavy atom. The van der Waals surface area contributed by atoms with Crippen LogP contribution in [0, 0.1) is 0 Å². The number of nitrogens with one attached hydrogen (secondary N) is 1. The maximum Gasteiger partial charge on any atom is 0.249 e. The molecular formula is C10H17F2NO. The van der Waals surface area contributed by atoms with E-state index in [0.717, 1.165) is 19.4 Å². The second kappa shape index (κ2) is 4.11. The Morgan fingerprint density at radius 3 is 2.71 bits per heavy atom. The zero-order chi connectivity index (χ0) is 10.0. The first-order valence-electron chi connectivity index (χ1n) is 5.37. The smallest absolute Gasteiger partial charge is 0.249 e. The number of hydrogen-bond donors (Lipinski definition) is 1. The van der Waals surface area contributed by atoms with Crippen LogP contribution >= 0.6 is 0 Å². The Bertz CT molecular complexity index is 193. The van der Waals surface area contributed by atoms with Gasteiger partial charge in [0, 0.05) is 31.5 Å². The predicted octanol–water partition coefficient (Wildman–Crippen LogP) is 1.94. The molecule has 2 fully saturated rings. The first-order chi connectivity index (χ1) is 6.66. The highest BCUT2D eigenvalue weighted by atomic mass is 19.3. The molecule has 1 aliphatic carbocycles. The minimum absolute atomic E-state index is 0.00347. The van der Waals surface area contributed by atoms with Gasteiger partial charge in [-0.05, 0) is 19.3 Å². The molecule has 82 valence electrons. The Morgan fingerprint density at radius 1 is 1.21 bits per heavy atom. The number of rotatable bonds is 2. The van der Waals surface area contributed by atoms with Gasteiger partial charge >= 0.3 is 0 Å². The number of alkyl halides is 2. The maximum absolute atomic E-state index is 13.1. The largest absolute Gasteiger partial charge is 0.380 e. The van der Waals surface area contributed by atoms with Gasteiger partial charge in [0.05, 0.1) is 6.61 Å². The summed E-state index contributed by atoms with van der Waals surface area (Å²) in [5.74, 6) is -2.45. The lowest BCUT2D eigenvalue weighted by molar-refractivity contribution is -0.0453. The SMILES string of the molecule is FC1(F)CCC[C@H](N[C@H]2CCOC2)C1. The van der Waals surface area contributed by atoms with E-state index in [1.165, 1.54) is 0 Å². The Balaban J connectivity index is 1.79. The minimum Gasteiger partial charge on any atom is -0.380 e. The third-order valence-electron chi connectivity index (χ3n) is 3.04. The highest BCUT2D eigenvalue weighted by molar-refractivity contribution is 4.85. The molecule has 1 saturated heterocycles. The van der Waals surface area contributed by atoms with Gasteiger partial charge in [0.25, 0.3) is 0 Å². The van der Waals surface area contributed by atoms with Crippen molar-refractivity contribution in [1.82, 2.24) is 5.32 Å². The predicted molar refractivity (Wildman–Crippen MR) is 49.6 cm³/mol. The van der Waals surface area contributed by atoms with E-state index in [-0.39, 0.29) is 18.9 Å². The lowest BCUT2D eigenvalue weighted by atomic mass is 9.91. The molecule has 0 spiro atoms.